The van der Waals surface area contributed by atoms with E-state index in [4.69, 9.17) is 4.74 Å². The molecule has 1 aliphatic rings. The second kappa shape index (κ2) is 7.23. The molecule has 0 radical (unpaired) electrons. The number of hydrogen-bond donors (Lipinski definition) is 0. The average Bonchev–Trinajstić information content (AvgIpc) is 2.61. The first-order chi connectivity index (χ1) is 12.3. The van der Waals surface area contributed by atoms with Crippen molar-refractivity contribution in [1.82, 2.24) is 9.88 Å². The van der Waals surface area contributed by atoms with E-state index in [-0.39, 0.29) is 19.5 Å². The highest BCUT2D eigenvalue weighted by Crippen LogP contribution is 2.34. The SMILES string of the molecule is COC(=O)c1c(CN2CCCC(C(F)(F)F)C2)nc2ccccc2c1C. The highest BCUT2D eigenvalue weighted by Gasteiger charge is 2.41. The Hall–Kier alpha value is -2.15. The zero-order valence-corrected chi connectivity index (χ0v) is 14.8. The van der Waals surface area contributed by atoms with Crippen LogP contribution in [-0.2, 0) is 11.3 Å². The standard InChI is InChI=1S/C19H21F3N2O2/c1-12-14-7-3-4-8-15(14)23-16(17(12)18(25)26-2)11-24-9-5-6-13(10-24)19(20,21)22/h3-4,7-8,13H,5-6,9-11H2,1-2H3. The number of para-hydroxylation sites is 1. The maximum absolute atomic E-state index is 13.1. The first-order valence-electron chi connectivity index (χ1n) is 8.57. The number of fused-ring (bicyclic) bond motifs is 1. The third kappa shape index (κ3) is 3.67. The molecule has 1 unspecified atom stereocenters. The first kappa shape index (κ1) is 18.6. The molecule has 3 rings (SSSR count). The molecular formula is C19H21F3N2O2. The van der Waals surface area contributed by atoms with E-state index in [2.05, 4.69) is 4.98 Å². The molecule has 7 heteroatoms. The summed E-state index contributed by atoms with van der Waals surface area (Å²) >= 11 is 0. The summed E-state index contributed by atoms with van der Waals surface area (Å²) < 4.78 is 44.1. The second-order valence-electron chi connectivity index (χ2n) is 6.68. The van der Waals surface area contributed by atoms with Crippen LogP contribution in [0.2, 0.25) is 0 Å². The van der Waals surface area contributed by atoms with Gasteiger partial charge in [0, 0.05) is 18.5 Å². The van der Waals surface area contributed by atoms with Crippen LogP contribution in [0.5, 0.6) is 0 Å². The van der Waals surface area contributed by atoms with Gasteiger partial charge in [-0.3, -0.25) is 9.88 Å². The summed E-state index contributed by atoms with van der Waals surface area (Å²) in [7, 11) is 1.29. The third-order valence-electron chi connectivity index (χ3n) is 4.96. The van der Waals surface area contributed by atoms with E-state index in [0.29, 0.717) is 24.2 Å². The van der Waals surface area contributed by atoms with E-state index in [1.807, 2.05) is 31.2 Å². The molecule has 0 N–H and O–H groups in total. The molecule has 26 heavy (non-hydrogen) atoms. The molecule has 0 bridgehead atoms. The molecule has 1 aliphatic heterocycles. The van der Waals surface area contributed by atoms with E-state index in [1.165, 1.54) is 7.11 Å². The number of aromatic nitrogens is 1. The summed E-state index contributed by atoms with van der Waals surface area (Å²) in [6, 6.07) is 7.41. The Labute approximate surface area is 150 Å². The van der Waals surface area contributed by atoms with Crippen molar-refractivity contribution in [2.45, 2.75) is 32.5 Å². The van der Waals surface area contributed by atoms with Crippen LogP contribution in [0, 0.1) is 12.8 Å². The van der Waals surface area contributed by atoms with Crippen LogP contribution in [0.4, 0.5) is 13.2 Å². The summed E-state index contributed by atoms with van der Waals surface area (Å²) in [5, 5.41) is 0.837. The normalized spacial score (nSPS) is 18.9. The summed E-state index contributed by atoms with van der Waals surface area (Å²) in [6.45, 7) is 2.50. The molecule has 1 atom stereocenters. The molecule has 4 nitrogen and oxygen atoms in total. The maximum Gasteiger partial charge on any atom is 0.393 e. The van der Waals surface area contributed by atoms with Crippen LogP contribution in [0.15, 0.2) is 24.3 Å². The van der Waals surface area contributed by atoms with Crippen LogP contribution in [0.1, 0.15) is 34.5 Å². The number of aryl methyl sites for hydroxylation is 1. The van der Waals surface area contributed by atoms with E-state index >= 15 is 0 Å². The lowest BCUT2D eigenvalue weighted by Crippen LogP contribution is -2.41. The van der Waals surface area contributed by atoms with Crippen LogP contribution in [0.3, 0.4) is 0 Å². The number of halogens is 3. The lowest BCUT2D eigenvalue weighted by molar-refractivity contribution is -0.187. The monoisotopic (exact) mass is 366 g/mol. The molecule has 0 spiro atoms. The van der Waals surface area contributed by atoms with Gasteiger partial charge in [-0.1, -0.05) is 18.2 Å². The Morgan fingerprint density at radius 3 is 2.77 bits per heavy atom. The quantitative estimate of drug-likeness (QED) is 0.767. The number of nitrogens with zero attached hydrogens (tertiary/aromatic N) is 2. The molecule has 0 aliphatic carbocycles. The minimum atomic E-state index is -4.20. The highest BCUT2D eigenvalue weighted by atomic mass is 19.4. The summed E-state index contributed by atoms with van der Waals surface area (Å²) in [4.78, 5) is 18.6. The van der Waals surface area contributed by atoms with Gasteiger partial charge in [0.25, 0.3) is 0 Å². The molecule has 140 valence electrons. The van der Waals surface area contributed by atoms with Gasteiger partial charge in [-0.2, -0.15) is 13.2 Å². The van der Waals surface area contributed by atoms with Gasteiger partial charge in [0.05, 0.1) is 29.8 Å². The minimum Gasteiger partial charge on any atom is -0.465 e. The van der Waals surface area contributed by atoms with Gasteiger partial charge in [0.1, 0.15) is 0 Å². The molecular weight excluding hydrogens is 345 g/mol. The van der Waals surface area contributed by atoms with Crippen molar-refractivity contribution < 1.29 is 22.7 Å². The second-order valence-corrected chi connectivity index (χ2v) is 6.68. The molecule has 0 amide bonds. The Morgan fingerprint density at radius 1 is 1.35 bits per heavy atom. The molecule has 0 saturated carbocycles. The molecule has 1 aromatic carbocycles. The molecule has 1 saturated heterocycles. The van der Waals surface area contributed by atoms with Crippen molar-refractivity contribution >= 4 is 16.9 Å². The Balaban J connectivity index is 1.97. The van der Waals surface area contributed by atoms with Crippen molar-refractivity contribution in [1.29, 1.82) is 0 Å². The highest BCUT2D eigenvalue weighted by molar-refractivity contribution is 5.98. The van der Waals surface area contributed by atoms with Gasteiger partial charge >= 0.3 is 12.1 Å². The number of pyridine rings is 1. The van der Waals surface area contributed by atoms with Crippen molar-refractivity contribution in [2.24, 2.45) is 5.92 Å². The largest absolute Gasteiger partial charge is 0.465 e. The van der Waals surface area contributed by atoms with Gasteiger partial charge in [-0.15, -0.1) is 0 Å². The predicted molar refractivity (Wildman–Crippen MR) is 91.9 cm³/mol. The van der Waals surface area contributed by atoms with Gasteiger partial charge in [0.2, 0.25) is 0 Å². The van der Waals surface area contributed by atoms with Crippen LogP contribution >= 0.6 is 0 Å². The smallest absolute Gasteiger partial charge is 0.393 e. The number of benzene rings is 1. The predicted octanol–water partition coefficient (Wildman–Crippen LogP) is 4.10. The molecule has 2 heterocycles. The number of alkyl halides is 3. The topological polar surface area (TPSA) is 42.4 Å². The fourth-order valence-corrected chi connectivity index (χ4v) is 3.61. The number of piperidine rings is 1. The van der Waals surface area contributed by atoms with Crippen molar-refractivity contribution in [3.05, 3.63) is 41.1 Å². The Kier molecular flexibility index (Phi) is 5.18. The van der Waals surface area contributed by atoms with Crippen LogP contribution < -0.4 is 0 Å². The van der Waals surface area contributed by atoms with Gasteiger partial charge in [-0.25, -0.2) is 4.79 Å². The van der Waals surface area contributed by atoms with Gasteiger partial charge in [-0.05, 0) is 37.9 Å². The number of rotatable bonds is 3. The summed E-state index contributed by atoms with van der Waals surface area (Å²) in [5.74, 6) is -1.85. The zero-order valence-electron chi connectivity index (χ0n) is 14.8. The Morgan fingerprint density at radius 2 is 2.08 bits per heavy atom. The first-order valence-corrected chi connectivity index (χ1v) is 8.57. The molecule has 1 fully saturated rings. The number of methoxy groups -OCH3 is 1. The minimum absolute atomic E-state index is 0.0718. The van der Waals surface area contributed by atoms with Gasteiger partial charge < -0.3 is 4.74 Å². The van der Waals surface area contributed by atoms with Crippen molar-refractivity contribution in [3.8, 4) is 0 Å². The maximum atomic E-state index is 13.1. The number of hydrogen-bond acceptors (Lipinski definition) is 4. The summed E-state index contributed by atoms with van der Waals surface area (Å²) in [6.07, 6.45) is -3.57. The van der Waals surface area contributed by atoms with E-state index < -0.39 is 18.1 Å². The van der Waals surface area contributed by atoms with E-state index in [0.717, 1.165) is 16.5 Å². The average molecular weight is 366 g/mol. The van der Waals surface area contributed by atoms with Crippen molar-refractivity contribution in [2.75, 3.05) is 20.2 Å². The number of ether oxygens (including phenoxy) is 1. The van der Waals surface area contributed by atoms with E-state index in [9.17, 15) is 18.0 Å². The van der Waals surface area contributed by atoms with Crippen molar-refractivity contribution in [3.63, 3.8) is 0 Å². The number of carbonyl (C=O) groups is 1. The lowest BCUT2D eigenvalue weighted by Gasteiger charge is -2.33. The lowest BCUT2D eigenvalue weighted by atomic mass is 9.96. The number of likely N-dealkylation sites (tertiary alicyclic amines) is 1. The Bertz CT molecular complexity index is 820. The van der Waals surface area contributed by atoms with Gasteiger partial charge in [0.15, 0.2) is 0 Å². The fourth-order valence-electron chi connectivity index (χ4n) is 3.61. The zero-order chi connectivity index (χ0) is 18.9. The molecule has 1 aromatic heterocycles. The number of carbonyl (C=O) groups excluding carboxylic acids is 1. The third-order valence-corrected chi connectivity index (χ3v) is 4.96. The molecule has 2 aromatic rings. The fraction of sp³-hybridized carbons (Fsp3) is 0.474. The summed E-state index contributed by atoms with van der Waals surface area (Å²) in [5.41, 5.74) is 2.27. The van der Waals surface area contributed by atoms with E-state index in [1.54, 1.807) is 4.90 Å². The van der Waals surface area contributed by atoms with Crippen LogP contribution in [0.25, 0.3) is 10.9 Å². The number of esters is 1. The van der Waals surface area contributed by atoms with Crippen LogP contribution in [-0.4, -0.2) is 42.2 Å².